The minimum atomic E-state index is 0.534. The third kappa shape index (κ3) is 3.45. The van der Waals surface area contributed by atoms with Crippen LogP contribution in [0.5, 0.6) is 5.75 Å². The van der Waals surface area contributed by atoms with Crippen molar-refractivity contribution in [1.29, 1.82) is 0 Å². The third-order valence-corrected chi connectivity index (χ3v) is 3.07. The molecule has 2 aromatic rings. The second kappa shape index (κ2) is 5.63. The maximum absolute atomic E-state index is 5.66. The van der Waals surface area contributed by atoms with Crippen LogP contribution >= 0.6 is 38.5 Å². The molecule has 0 unspecified atom stereocenters. The summed E-state index contributed by atoms with van der Waals surface area (Å²) < 4.78 is 7.80. The summed E-state index contributed by atoms with van der Waals surface area (Å²) in [5.41, 5.74) is 1.05. The molecular weight excluding hydrogens is 381 g/mol. The van der Waals surface area contributed by atoms with Gasteiger partial charge in [-0.3, -0.25) is 4.98 Å². The first-order valence-corrected chi connectivity index (χ1v) is 6.59. The van der Waals surface area contributed by atoms with Crippen molar-refractivity contribution < 1.29 is 4.74 Å². The van der Waals surface area contributed by atoms with Gasteiger partial charge in [0.05, 0.1) is 0 Å². The summed E-state index contributed by atoms with van der Waals surface area (Å²) in [4.78, 5) is 4.09. The molecule has 1 aromatic heterocycles. The smallest absolute Gasteiger partial charge is 0.120 e. The molecule has 4 heteroatoms. The van der Waals surface area contributed by atoms with Gasteiger partial charge in [-0.1, -0.05) is 6.07 Å². The van der Waals surface area contributed by atoms with Crippen molar-refractivity contribution in [3.05, 3.63) is 56.3 Å². The topological polar surface area (TPSA) is 22.1 Å². The van der Waals surface area contributed by atoms with Gasteiger partial charge in [-0.05, 0) is 62.8 Å². The van der Waals surface area contributed by atoms with Crippen LogP contribution in [0.25, 0.3) is 0 Å². The van der Waals surface area contributed by atoms with Crippen molar-refractivity contribution in [2.45, 2.75) is 6.61 Å². The SMILES string of the molecule is Brc1cncc(COc2cccc(I)c2)c1. The van der Waals surface area contributed by atoms with Crippen LogP contribution in [0, 0.1) is 3.57 Å². The second-order valence-corrected chi connectivity index (χ2v) is 5.42. The van der Waals surface area contributed by atoms with Gasteiger partial charge < -0.3 is 4.74 Å². The highest BCUT2D eigenvalue weighted by molar-refractivity contribution is 14.1. The van der Waals surface area contributed by atoms with E-state index in [0.29, 0.717) is 6.61 Å². The number of aromatic nitrogens is 1. The first-order chi connectivity index (χ1) is 7.74. The van der Waals surface area contributed by atoms with E-state index in [4.69, 9.17) is 4.74 Å². The number of ether oxygens (including phenoxy) is 1. The Hall–Kier alpha value is -0.620. The van der Waals surface area contributed by atoms with E-state index < -0.39 is 0 Å². The number of halogens is 2. The molecule has 2 nitrogen and oxygen atoms in total. The predicted octanol–water partition coefficient (Wildman–Crippen LogP) is 4.03. The summed E-state index contributed by atoms with van der Waals surface area (Å²) in [5.74, 6) is 0.881. The number of pyridine rings is 1. The quantitative estimate of drug-likeness (QED) is 0.739. The normalized spacial score (nSPS) is 10.1. The van der Waals surface area contributed by atoms with Gasteiger partial charge in [0.1, 0.15) is 12.4 Å². The highest BCUT2D eigenvalue weighted by Crippen LogP contribution is 2.17. The number of hydrogen-bond donors (Lipinski definition) is 0. The van der Waals surface area contributed by atoms with E-state index >= 15 is 0 Å². The predicted molar refractivity (Wildman–Crippen MR) is 75.4 cm³/mol. The van der Waals surface area contributed by atoms with Crippen molar-refractivity contribution in [2.24, 2.45) is 0 Å². The summed E-state index contributed by atoms with van der Waals surface area (Å²) in [6.45, 7) is 0.534. The maximum atomic E-state index is 5.66. The molecule has 0 fully saturated rings. The Morgan fingerprint density at radius 2 is 2.12 bits per heavy atom. The van der Waals surface area contributed by atoms with Crippen LogP contribution in [0.2, 0.25) is 0 Å². The minimum absolute atomic E-state index is 0.534. The van der Waals surface area contributed by atoms with Crippen molar-refractivity contribution in [2.75, 3.05) is 0 Å². The molecule has 0 spiro atoms. The summed E-state index contributed by atoms with van der Waals surface area (Å²) >= 11 is 5.65. The summed E-state index contributed by atoms with van der Waals surface area (Å²) in [7, 11) is 0. The lowest BCUT2D eigenvalue weighted by atomic mass is 10.3. The molecule has 16 heavy (non-hydrogen) atoms. The summed E-state index contributed by atoms with van der Waals surface area (Å²) in [6, 6.07) is 9.98. The van der Waals surface area contributed by atoms with E-state index in [0.717, 1.165) is 15.8 Å². The molecule has 82 valence electrons. The fourth-order valence-electron chi connectivity index (χ4n) is 1.26. The van der Waals surface area contributed by atoms with Crippen LogP contribution in [0.1, 0.15) is 5.56 Å². The van der Waals surface area contributed by atoms with Gasteiger partial charge in [0.25, 0.3) is 0 Å². The van der Waals surface area contributed by atoms with Crippen molar-refractivity contribution >= 4 is 38.5 Å². The molecule has 2 rings (SSSR count). The first kappa shape index (κ1) is 11.9. The largest absolute Gasteiger partial charge is 0.489 e. The Morgan fingerprint density at radius 1 is 1.25 bits per heavy atom. The molecule has 0 atom stereocenters. The van der Waals surface area contributed by atoms with E-state index in [1.807, 2.05) is 30.3 Å². The number of rotatable bonds is 3. The van der Waals surface area contributed by atoms with E-state index in [1.54, 1.807) is 12.4 Å². The lowest BCUT2D eigenvalue weighted by molar-refractivity contribution is 0.305. The zero-order valence-electron chi connectivity index (χ0n) is 8.36. The van der Waals surface area contributed by atoms with E-state index in [9.17, 15) is 0 Å². The third-order valence-electron chi connectivity index (χ3n) is 1.96. The van der Waals surface area contributed by atoms with Gasteiger partial charge in [0.2, 0.25) is 0 Å². The Labute approximate surface area is 116 Å². The number of nitrogens with zero attached hydrogens (tertiary/aromatic N) is 1. The zero-order valence-corrected chi connectivity index (χ0v) is 12.1. The van der Waals surface area contributed by atoms with Gasteiger partial charge in [0.15, 0.2) is 0 Å². The molecule has 0 saturated carbocycles. The van der Waals surface area contributed by atoms with Gasteiger partial charge in [0, 0.05) is 26.0 Å². The zero-order chi connectivity index (χ0) is 11.4. The molecule has 0 aliphatic rings. The molecule has 0 aliphatic carbocycles. The van der Waals surface area contributed by atoms with Crippen LogP contribution in [0.4, 0.5) is 0 Å². The van der Waals surface area contributed by atoms with E-state index in [-0.39, 0.29) is 0 Å². The van der Waals surface area contributed by atoms with Gasteiger partial charge in [-0.2, -0.15) is 0 Å². The fraction of sp³-hybridized carbons (Fsp3) is 0.0833. The Bertz CT molecular complexity index is 444. The molecule has 0 amide bonds. The Balaban J connectivity index is 2.02. The highest BCUT2D eigenvalue weighted by Gasteiger charge is 1.98. The average molecular weight is 390 g/mol. The average Bonchev–Trinajstić information content (AvgIpc) is 2.27. The van der Waals surface area contributed by atoms with Gasteiger partial charge in [-0.15, -0.1) is 0 Å². The summed E-state index contributed by atoms with van der Waals surface area (Å²) in [6.07, 6.45) is 3.56. The van der Waals surface area contributed by atoms with Crippen molar-refractivity contribution in [3.8, 4) is 5.75 Å². The monoisotopic (exact) mass is 389 g/mol. The molecule has 0 radical (unpaired) electrons. The van der Waals surface area contributed by atoms with Crippen LogP contribution in [-0.2, 0) is 6.61 Å². The Kier molecular flexibility index (Phi) is 4.17. The number of benzene rings is 1. The molecule has 0 aliphatic heterocycles. The molecule has 0 saturated heterocycles. The maximum Gasteiger partial charge on any atom is 0.120 e. The molecule has 1 aromatic carbocycles. The molecule has 1 heterocycles. The lowest BCUT2D eigenvalue weighted by Gasteiger charge is -2.06. The molecule has 0 bridgehead atoms. The van der Waals surface area contributed by atoms with E-state index in [1.165, 1.54) is 3.57 Å². The van der Waals surface area contributed by atoms with Crippen LogP contribution in [0.15, 0.2) is 47.2 Å². The highest BCUT2D eigenvalue weighted by atomic mass is 127. The number of hydrogen-bond acceptors (Lipinski definition) is 2. The lowest BCUT2D eigenvalue weighted by Crippen LogP contribution is -1.96. The fourth-order valence-corrected chi connectivity index (χ4v) is 2.19. The first-order valence-electron chi connectivity index (χ1n) is 4.72. The molecular formula is C12H9BrINO. The van der Waals surface area contributed by atoms with Crippen LogP contribution in [-0.4, -0.2) is 4.98 Å². The minimum Gasteiger partial charge on any atom is -0.489 e. The van der Waals surface area contributed by atoms with Crippen LogP contribution in [0.3, 0.4) is 0 Å². The summed E-state index contributed by atoms with van der Waals surface area (Å²) in [5, 5.41) is 0. The van der Waals surface area contributed by atoms with E-state index in [2.05, 4.69) is 43.5 Å². The standard InChI is InChI=1S/C12H9BrINO/c13-10-4-9(6-15-7-10)8-16-12-3-1-2-11(14)5-12/h1-7H,8H2. The van der Waals surface area contributed by atoms with Crippen molar-refractivity contribution in [3.63, 3.8) is 0 Å². The van der Waals surface area contributed by atoms with Crippen molar-refractivity contribution in [1.82, 2.24) is 4.98 Å². The van der Waals surface area contributed by atoms with Gasteiger partial charge >= 0.3 is 0 Å². The van der Waals surface area contributed by atoms with Gasteiger partial charge in [-0.25, -0.2) is 0 Å². The second-order valence-electron chi connectivity index (χ2n) is 3.26. The van der Waals surface area contributed by atoms with Crippen LogP contribution < -0.4 is 4.74 Å². The Morgan fingerprint density at radius 3 is 2.88 bits per heavy atom. The molecule has 0 N–H and O–H groups in total.